The van der Waals surface area contributed by atoms with Gasteiger partial charge in [-0.2, -0.15) is 0 Å². The molecule has 4 N–H and O–H groups in total. The molecule has 1 aromatic carbocycles. The average molecular weight is 494 g/mol. The van der Waals surface area contributed by atoms with E-state index in [-0.39, 0.29) is 17.9 Å². The van der Waals surface area contributed by atoms with Crippen molar-refractivity contribution in [1.29, 1.82) is 0 Å². The van der Waals surface area contributed by atoms with Gasteiger partial charge in [0.15, 0.2) is 0 Å². The number of urea groups is 1. The maximum absolute atomic E-state index is 12.7. The van der Waals surface area contributed by atoms with E-state index in [1.165, 1.54) is 4.88 Å². The van der Waals surface area contributed by atoms with Gasteiger partial charge in [-0.25, -0.2) is 9.78 Å². The highest BCUT2D eigenvalue weighted by Gasteiger charge is 2.43. The summed E-state index contributed by atoms with van der Waals surface area (Å²) in [7, 11) is 0. The Balaban J connectivity index is 1.18. The number of thiophene rings is 1. The second-order valence-corrected chi connectivity index (χ2v) is 10.6. The Bertz CT molecular complexity index is 1390. The van der Waals surface area contributed by atoms with Crippen LogP contribution >= 0.6 is 11.3 Å². The van der Waals surface area contributed by atoms with Crippen molar-refractivity contribution in [2.75, 3.05) is 0 Å². The number of H-pyrrole nitrogens is 1. The molecule has 1 fully saturated rings. The van der Waals surface area contributed by atoms with Crippen molar-refractivity contribution in [2.45, 2.75) is 58.0 Å². The Morgan fingerprint density at radius 1 is 1.23 bits per heavy atom. The molecule has 182 valence electrons. The molecule has 0 spiro atoms. The molecule has 10 heteroatoms. The predicted octanol–water partition coefficient (Wildman–Crippen LogP) is 2.41. The SMILES string of the molecule is CC1CCc2c(sc3nc(CCC(=O)NCc4ccc(C5(C)NC(=O)NC5=O)cc4)[nH]c(=O)c23)C1. The first-order valence-electron chi connectivity index (χ1n) is 11.8. The zero-order chi connectivity index (χ0) is 24.7. The number of benzene rings is 1. The van der Waals surface area contributed by atoms with E-state index in [1.807, 2.05) is 12.1 Å². The highest BCUT2D eigenvalue weighted by Crippen LogP contribution is 2.35. The van der Waals surface area contributed by atoms with Gasteiger partial charge in [-0.1, -0.05) is 31.2 Å². The number of amides is 4. The minimum atomic E-state index is -1.11. The summed E-state index contributed by atoms with van der Waals surface area (Å²) in [5.74, 6) is 0.607. The van der Waals surface area contributed by atoms with Gasteiger partial charge in [0.2, 0.25) is 5.91 Å². The molecule has 9 nitrogen and oxygen atoms in total. The third-order valence-electron chi connectivity index (χ3n) is 6.87. The molecule has 1 saturated heterocycles. The third kappa shape index (κ3) is 4.45. The van der Waals surface area contributed by atoms with Crippen LogP contribution in [0.1, 0.15) is 54.1 Å². The first kappa shape index (κ1) is 23.2. The highest BCUT2D eigenvalue weighted by atomic mass is 32.1. The largest absolute Gasteiger partial charge is 0.352 e. The number of aromatic amines is 1. The number of carbonyl (C=O) groups is 3. The van der Waals surface area contributed by atoms with Crippen molar-refractivity contribution in [3.8, 4) is 0 Å². The fourth-order valence-electron chi connectivity index (χ4n) is 4.74. The predicted molar refractivity (Wildman–Crippen MR) is 132 cm³/mol. The van der Waals surface area contributed by atoms with Crippen molar-refractivity contribution < 1.29 is 14.4 Å². The van der Waals surface area contributed by atoms with Crippen LogP contribution in [-0.2, 0) is 40.9 Å². The van der Waals surface area contributed by atoms with Crippen LogP contribution in [0.4, 0.5) is 4.79 Å². The van der Waals surface area contributed by atoms with E-state index in [4.69, 9.17) is 0 Å². The molecule has 1 aliphatic heterocycles. The molecule has 0 saturated carbocycles. The summed E-state index contributed by atoms with van der Waals surface area (Å²) in [5.41, 5.74) is 1.45. The number of fused-ring (bicyclic) bond motifs is 3. The van der Waals surface area contributed by atoms with E-state index in [0.717, 1.165) is 40.6 Å². The fraction of sp³-hybridized carbons (Fsp3) is 0.400. The number of carbonyl (C=O) groups excluding carboxylic acids is 3. The van der Waals surface area contributed by atoms with Crippen LogP contribution in [0.3, 0.4) is 0 Å². The van der Waals surface area contributed by atoms with Crippen molar-refractivity contribution >= 4 is 39.4 Å². The van der Waals surface area contributed by atoms with Crippen molar-refractivity contribution in [3.63, 3.8) is 0 Å². The summed E-state index contributed by atoms with van der Waals surface area (Å²) in [5, 5.41) is 8.47. The van der Waals surface area contributed by atoms with Crippen LogP contribution in [-0.4, -0.2) is 27.8 Å². The molecule has 1 aliphatic carbocycles. The topological polar surface area (TPSA) is 133 Å². The number of aromatic nitrogens is 2. The van der Waals surface area contributed by atoms with E-state index in [2.05, 4.69) is 32.8 Å². The van der Waals surface area contributed by atoms with Crippen LogP contribution in [0, 0.1) is 5.92 Å². The molecule has 5 rings (SSSR count). The summed E-state index contributed by atoms with van der Waals surface area (Å²) >= 11 is 1.60. The average Bonchev–Trinajstić information content (AvgIpc) is 3.32. The molecule has 4 amide bonds. The second-order valence-electron chi connectivity index (χ2n) is 9.55. The number of rotatable bonds is 6. The van der Waals surface area contributed by atoms with Crippen LogP contribution < -0.4 is 21.5 Å². The van der Waals surface area contributed by atoms with Crippen LogP contribution in [0.5, 0.6) is 0 Å². The number of nitrogens with zero attached hydrogens (tertiary/aromatic N) is 1. The Hall–Kier alpha value is -3.53. The lowest BCUT2D eigenvalue weighted by Gasteiger charge is -2.21. The van der Waals surface area contributed by atoms with Gasteiger partial charge < -0.3 is 15.6 Å². The van der Waals surface area contributed by atoms with Crippen molar-refractivity contribution in [2.24, 2.45) is 5.92 Å². The van der Waals surface area contributed by atoms with Gasteiger partial charge in [0.1, 0.15) is 16.2 Å². The minimum Gasteiger partial charge on any atom is -0.352 e. The van der Waals surface area contributed by atoms with E-state index < -0.39 is 17.5 Å². The molecular weight excluding hydrogens is 466 g/mol. The van der Waals surface area contributed by atoms with E-state index in [1.54, 1.807) is 30.4 Å². The fourth-order valence-corrected chi connectivity index (χ4v) is 6.14. The normalized spacial score (nSPS) is 21.5. The Morgan fingerprint density at radius 3 is 2.71 bits per heavy atom. The minimum absolute atomic E-state index is 0.113. The van der Waals surface area contributed by atoms with Crippen molar-refractivity contribution in [1.82, 2.24) is 25.9 Å². The number of hydrogen-bond acceptors (Lipinski definition) is 6. The third-order valence-corrected chi connectivity index (χ3v) is 8.02. The monoisotopic (exact) mass is 493 g/mol. The van der Waals surface area contributed by atoms with E-state index in [0.29, 0.717) is 30.3 Å². The highest BCUT2D eigenvalue weighted by molar-refractivity contribution is 7.18. The first-order valence-corrected chi connectivity index (χ1v) is 12.6. The van der Waals surface area contributed by atoms with E-state index >= 15 is 0 Å². The molecule has 2 aliphatic rings. The van der Waals surface area contributed by atoms with Gasteiger partial charge in [-0.05, 0) is 48.8 Å². The van der Waals surface area contributed by atoms with Crippen LogP contribution in [0.2, 0.25) is 0 Å². The Kier molecular flexibility index (Phi) is 5.92. The standard InChI is InChI=1S/C25H27N5O4S/c1-13-3-8-16-17(11-13)35-22-20(16)21(32)27-18(28-22)9-10-19(31)26-12-14-4-6-15(7-5-14)25(2)23(33)29-24(34)30-25/h4-7,13H,3,8-12H2,1-2H3,(H,26,31)(H,27,28,32)(H2,29,30,33,34). The summed E-state index contributed by atoms with van der Waals surface area (Å²) in [6, 6.07) is 6.63. The van der Waals surface area contributed by atoms with Gasteiger partial charge in [0, 0.05) is 24.3 Å². The van der Waals surface area contributed by atoms with Crippen LogP contribution in [0.25, 0.3) is 10.2 Å². The maximum atomic E-state index is 12.7. The molecule has 2 atom stereocenters. The van der Waals surface area contributed by atoms with Gasteiger partial charge in [-0.3, -0.25) is 19.7 Å². The molecule has 35 heavy (non-hydrogen) atoms. The zero-order valence-electron chi connectivity index (χ0n) is 19.6. The van der Waals surface area contributed by atoms with Crippen molar-refractivity contribution in [3.05, 3.63) is 62.0 Å². The zero-order valence-corrected chi connectivity index (χ0v) is 20.4. The molecular formula is C25H27N5O4S. The van der Waals surface area contributed by atoms with E-state index in [9.17, 15) is 19.2 Å². The Labute approximate surface area is 205 Å². The van der Waals surface area contributed by atoms with Gasteiger partial charge in [0.05, 0.1) is 5.39 Å². The molecule has 3 heterocycles. The number of nitrogens with one attached hydrogen (secondary N) is 4. The maximum Gasteiger partial charge on any atom is 0.322 e. The number of aryl methyl sites for hydroxylation is 2. The Morgan fingerprint density at radius 2 is 2.00 bits per heavy atom. The lowest BCUT2D eigenvalue weighted by Crippen LogP contribution is -2.40. The van der Waals surface area contributed by atoms with Gasteiger partial charge >= 0.3 is 6.03 Å². The number of imide groups is 1. The summed E-state index contributed by atoms with van der Waals surface area (Å²) in [4.78, 5) is 58.2. The summed E-state index contributed by atoms with van der Waals surface area (Å²) < 4.78 is 0. The molecule has 0 bridgehead atoms. The van der Waals surface area contributed by atoms with Gasteiger partial charge in [-0.15, -0.1) is 11.3 Å². The number of hydrogen-bond donors (Lipinski definition) is 4. The lowest BCUT2D eigenvalue weighted by atomic mass is 9.89. The quantitative estimate of drug-likeness (QED) is 0.392. The molecule has 0 radical (unpaired) electrons. The van der Waals surface area contributed by atoms with Gasteiger partial charge in [0.25, 0.3) is 11.5 Å². The second kappa shape index (κ2) is 8.92. The molecule has 2 aromatic heterocycles. The molecule has 2 unspecified atom stereocenters. The summed E-state index contributed by atoms with van der Waals surface area (Å²) in [6.45, 7) is 4.20. The van der Waals surface area contributed by atoms with Crippen LogP contribution in [0.15, 0.2) is 29.1 Å². The lowest BCUT2D eigenvalue weighted by molar-refractivity contribution is -0.123. The summed E-state index contributed by atoms with van der Waals surface area (Å²) in [6.07, 6.45) is 3.57. The molecule has 3 aromatic rings. The first-order chi connectivity index (χ1) is 16.7. The smallest absolute Gasteiger partial charge is 0.322 e.